The molecule has 0 aliphatic carbocycles. The van der Waals surface area contributed by atoms with Crippen LogP contribution in [0.25, 0.3) is 5.82 Å². The predicted octanol–water partition coefficient (Wildman–Crippen LogP) is 3.09. The summed E-state index contributed by atoms with van der Waals surface area (Å²) in [6.07, 6.45) is 3.80. The fraction of sp³-hybridized carbons (Fsp3) is 0.222. The summed E-state index contributed by atoms with van der Waals surface area (Å²) in [6.45, 7) is 1.75. The minimum Gasteiger partial charge on any atom is -0.352 e. The first kappa shape index (κ1) is 19.2. The van der Waals surface area contributed by atoms with Crippen molar-refractivity contribution in [3.05, 3.63) is 64.9 Å². The van der Waals surface area contributed by atoms with Crippen LogP contribution in [0.1, 0.15) is 0 Å². The highest BCUT2D eigenvalue weighted by atomic mass is 35.5. The Kier molecular flexibility index (Phi) is 5.29. The summed E-state index contributed by atoms with van der Waals surface area (Å²) in [5.74, 6) is 1.46. The number of anilines is 1. The Morgan fingerprint density at radius 2 is 1.46 bits per heavy atom. The lowest BCUT2D eigenvalue weighted by Gasteiger charge is -2.34. The molecule has 0 bridgehead atoms. The number of aromatic nitrogens is 3. The fourth-order valence-electron chi connectivity index (χ4n) is 3.06. The highest BCUT2D eigenvalue weighted by Crippen LogP contribution is 2.27. The average Bonchev–Trinajstić information content (AvgIpc) is 3.25. The zero-order valence-corrected chi connectivity index (χ0v) is 17.1. The molecule has 7 nitrogen and oxygen atoms in total. The van der Waals surface area contributed by atoms with Crippen LogP contribution in [0.3, 0.4) is 0 Å². The number of rotatable bonds is 4. The van der Waals surface area contributed by atoms with Crippen molar-refractivity contribution >= 4 is 39.0 Å². The number of hydrogen-bond acceptors (Lipinski definition) is 5. The van der Waals surface area contributed by atoms with Gasteiger partial charge in [0.25, 0.3) is 0 Å². The summed E-state index contributed by atoms with van der Waals surface area (Å²) in [7, 11) is -3.62. The van der Waals surface area contributed by atoms with Gasteiger partial charge >= 0.3 is 0 Å². The molecule has 3 aromatic rings. The second kappa shape index (κ2) is 7.71. The molecule has 1 aromatic carbocycles. The normalized spacial score (nSPS) is 15.7. The van der Waals surface area contributed by atoms with Crippen molar-refractivity contribution in [2.45, 2.75) is 4.90 Å². The van der Waals surface area contributed by atoms with Gasteiger partial charge in [-0.15, -0.1) is 10.2 Å². The maximum absolute atomic E-state index is 12.8. The van der Waals surface area contributed by atoms with Crippen molar-refractivity contribution in [1.82, 2.24) is 19.1 Å². The SMILES string of the molecule is O=S(=O)(c1ccc(Cl)c(Cl)c1)N1CCN(c2ccc(-n3cccc3)nn2)CC1. The lowest BCUT2D eigenvalue weighted by atomic mass is 10.3. The molecule has 0 unspecified atom stereocenters. The Morgan fingerprint density at radius 3 is 2.07 bits per heavy atom. The summed E-state index contributed by atoms with van der Waals surface area (Å²) >= 11 is 11.9. The molecular weight excluding hydrogens is 421 g/mol. The molecule has 146 valence electrons. The molecule has 2 aromatic heterocycles. The molecule has 1 aliphatic rings. The first-order valence-corrected chi connectivity index (χ1v) is 10.8. The lowest BCUT2D eigenvalue weighted by molar-refractivity contribution is 0.383. The van der Waals surface area contributed by atoms with Gasteiger partial charge < -0.3 is 9.47 Å². The standard InChI is InChI=1S/C18H17Cl2N5O2S/c19-15-4-3-14(13-16(15)20)28(26,27)25-11-9-24(10-12-25)18-6-5-17(21-22-18)23-7-1-2-8-23/h1-8,13H,9-12H2. The summed E-state index contributed by atoms with van der Waals surface area (Å²) in [5.41, 5.74) is 0. The van der Waals surface area contributed by atoms with E-state index in [1.807, 2.05) is 46.1 Å². The molecule has 1 saturated heterocycles. The number of halogens is 2. The molecule has 0 spiro atoms. The van der Waals surface area contributed by atoms with E-state index in [1.54, 1.807) is 0 Å². The third kappa shape index (κ3) is 3.73. The highest BCUT2D eigenvalue weighted by Gasteiger charge is 2.29. The zero-order valence-electron chi connectivity index (χ0n) is 14.7. The Morgan fingerprint density at radius 1 is 0.821 bits per heavy atom. The Labute approximate surface area is 173 Å². The quantitative estimate of drug-likeness (QED) is 0.626. The first-order chi connectivity index (χ1) is 13.4. The summed E-state index contributed by atoms with van der Waals surface area (Å²) < 4.78 is 29.0. The van der Waals surface area contributed by atoms with Gasteiger partial charge in [0.15, 0.2) is 11.6 Å². The molecule has 10 heteroatoms. The summed E-state index contributed by atoms with van der Waals surface area (Å²) in [5, 5.41) is 9.07. The van der Waals surface area contributed by atoms with E-state index in [1.165, 1.54) is 22.5 Å². The second-order valence-electron chi connectivity index (χ2n) is 6.31. The second-order valence-corrected chi connectivity index (χ2v) is 9.06. The Bertz CT molecular complexity index is 1060. The molecule has 0 atom stereocenters. The molecule has 3 heterocycles. The lowest BCUT2D eigenvalue weighted by Crippen LogP contribution is -2.49. The van der Waals surface area contributed by atoms with E-state index in [4.69, 9.17) is 23.2 Å². The molecule has 1 aliphatic heterocycles. The van der Waals surface area contributed by atoms with E-state index >= 15 is 0 Å². The monoisotopic (exact) mass is 437 g/mol. The van der Waals surface area contributed by atoms with Crippen LogP contribution in [0.15, 0.2) is 59.8 Å². The maximum atomic E-state index is 12.8. The molecular formula is C18H17Cl2N5O2S. The van der Waals surface area contributed by atoms with Crippen LogP contribution in [-0.4, -0.2) is 53.7 Å². The zero-order chi connectivity index (χ0) is 19.7. The minimum atomic E-state index is -3.62. The van der Waals surface area contributed by atoms with Crippen LogP contribution in [0.4, 0.5) is 5.82 Å². The third-order valence-corrected chi connectivity index (χ3v) is 7.23. The largest absolute Gasteiger partial charge is 0.352 e. The van der Waals surface area contributed by atoms with Gasteiger partial charge in [-0.05, 0) is 42.5 Å². The van der Waals surface area contributed by atoms with Crippen molar-refractivity contribution in [3.8, 4) is 5.82 Å². The van der Waals surface area contributed by atoms with Crippen molar-refractivity contribution in [3.63, 3.8) is 0 Å². The van der Waals surface area contributed by atoms with E-state index in [0.29, 0.717) is 31.2 Å². The minimum absolute atomic E-state index is 0.145. The molecule has 0 saturated carbocycles. The Balaban J connectivity index is 1.44. The van der Waals surface area contributed by atoms with Crippen LogP contribution in [0.2, 0.25) is 10.0 Å². The number of nitrogens with zero attached hydrogens (tertiary/aromatic N) is 5. The van der Waals surface area contributed by atoms with E-state index in [-0.39, 0.29) is 9.92 Å². The highest BCUT2D eigenvalue weighted by molar-refractivity contribution is 7.89. The first-order valence-electron chi connectivity index (χ1n) is 8.62. The molecule has 0 amide bonds. The van der Waals surface area contributed by atoms with Gasteiger partial charge in [-0.3, -0.25) is 0 Å². The fourth-order valence-corrected chi connectivity index (χ4v) is 4.87. The van der Waals surface area contributed by atoms with Gasteiger partial charge in [0.2, 0.25) is 10.0 Å². The molecule has 0 N–H and O–H groups in total. The smallest absolute Gasteiger partial charge is 0.243 e. The average molecular weight is 438 g/mol. The van der Waals surface area contributed by atoms with E-state index in [9.17, 15) is 8.42 Å². The topological polar surface area (TPSA) is 71.3 Å². The molecule has 4 rings (SSSR count). The molecule has 0 radical (unpaired) electrons. The van der Waals surface area contributed by atoms with E-state index in [2.05, 4.69) is 10.2 Å². The van der Waals surface area contributed by atoms with Crippen LogP contribution in [0.5, 0.6) is 0 Å². The van der Waals surface area contributed by atoms with Crippen LogP contribution in [0, 0.1) is 0 Å². The van der Waals surface area contributed by atoms with E-state index in [0.717, 1.165) is 11.6 Å². The van der Waals surface area contributed by atoms with Gasteiger partial charge in [-0.2, -0.15) is 4.31 Å². The predicted molar refractivity (Wildman–Crippen MR) is 109 cm³/mol. The molecule has 28 heavy (non-hydrogen) atoms. The number of hydrogen-bond donors (Lipinski definition) is 0. The van der Waals surface area contributed by atoms with Gasteiger partial charge in [0.1, 0.15) is 0 Å². The van der Waals surface area contributed by atoms with Crippen molar-refractivity contribution in [1.29, 1.82) is 0 Å². The number of benzene rings is 1. The maximum Gasteiger partial charge on any atom is 0.243 e. The van der Waals surface area contributed by atoms with E-state index < -0.39 is 10.0 Å². The van der Waals surface area contributed by atoms with Gasteiger partial charge in [-0.25, -0.2) is 8.42 Å². The van der Waals surface area contributed by atoms with Crippen LogP contribution < -0.4 is 4.90 Å². The Hall–Kier alpha value is -2.13. The summed E-state index contributed by atoms with van der Waals surface area (Å²) in [4.78, 5) is 2.17. The van der Waals surface area contributed by atoms with Gasteiger partial charge in [0.05, 0.1) is 14.9 Å². The van der Waals surface area contributed by atoms with Crippen molar-refractivity contribution in [2.75, 3.05) is 31.1 Å². The van der Waals surface area contributed by atoms with Gasteiger partial charge in [0, 0.05) is 38.6 Å². The number of piperazine rings is 1. The van der Waals surface area contributed by atoms with Crippen molar-refractivity contribution in [2.24, 2.45) is 0 Å². The van der Waals surface area contributed by atoms with Crippen molar-refractivity contribution < 1.29 is 8.42 Å². The van der Waals surface area contributed by atoms with Crippen LogP contribution in [-0.2, 0) is 10.0 Å². The third-order valence-electron chi connectivity index (χ3n) is 4.60. The van der Waals surface area contributed by atoms with Crippen LogP contribution >= 0.6 is 23.2 Å². The summed E-state index contributed by atoms with van der Waals surface area (Å²) in [6, 6.07) is 12.0. The van der Waals surface area contributed by atoms with Gasteiger partial charge in [-0.1, -0.05) is 23.2 Å². The molecule has 1 fully saturated rings. The number of sulfonamides is 1.